The average Bonchev–Trinajstić information content (AvgIpc) is 2.88. The van der Waals surface area contributed by atoms with Crippen LogP contribution in [0.5, 0.6) is 0 Å². The lowest BCUT2D eigenvalue weighted by atomic mass is 10.1. The highest BCUT2D eigenvalue weighted by Gasteiger charge is 2.44. The van der Waals surface area contributed by atoms with E-state index in [-0.39, 0.29) is 18.9 Å². The zero-order chi connectivity index (χ0) is 15.1. The van der Waals surface area contributed by atoms with Crippen LogP contribution < -0.4 is 0 Å². The van der Waals surface area contributed by atoms with Gasteiger partial charge in [-0.3, -0.25) is 9.59 Å². The van der Waals surface area contributed by atoms with Crippen molar-refractivity contribution in [3.8, 4) is 0 Å². The minimum Gasteiger partial charge on any atom is -0.480 e. The van der Waals surface area contributed by atoms with Crippen molar-refractivity contribution in [2.24, 2.45) is 0 Å². The van der Waals surface area contributed by atoms with Crippen LogP contribution in [0.15, 0.2) is 11.4 Å². The van der Waals surface area contributed by atoms with Gasteiger partial charge in [0.2, 0.25) is 0 Å². The van der Waals surface area contributed by atoms with Crippen LogP contribution in [0.25, 0.3) is 0 Å². The van der Waals surface area contributed by atoms with Crippen LogP contribution in [0.2, 0.25) is 0 Å². The van der Waals surface area contributed by atoms with E-state index in [2.05, 4.69) is 0 Å². The molecule has 20 heavy (non-hydrogen) atoms. The van der Waals surface area contributed by atoms with Crippen molar-refractivity contribution >= 4 is 33.1 Å². The summed E-state index contributed by atoms with van der Waals surface area (Å²) in [5.74, 6) is -1.54. The summed E-state index contributed by atoms with van der Waals surface area (Å²) in [4.78, 5) is 25.4. The largest absolute Gasteiger partial charge is 0.480 e. The number of hydrogen-bond donors (Lipinski definition) is 1. The molecule has 0 fully saturated rings. The first-order valence-electron chi connectivity index (χ1n) is 5.95. The molecular weight excluding hydrogens is 302 g/mol. The molecule has 6 nitrogen and oxygen atoms in total. The second-order valence-electron chi connectivity index (χ2n) is 5.06. The van der Waals surface area contributed by atoms with Crippen molar-refractivity contribution in [1.82, 2.24) is 4.90 Å². The zero-order valence-corrected chi connectivity index (χ0v) is 12.8. The number of rotatable bonds is 5. The zero-order valence-electron chi connectivity index (χ0n) is 11.1. The van der Waals surface area contributed by atoms with E-state index in [1.807, 2.05) is 11.4 Å². The maximum absolute atomic E-state index is 12.0. The molecule has 0 bridgehead atoms. The standard InChI is InChI=1S/C12H15NO5S2/c1-12(11(15)16,20(2,17)18)4-5-13-7-8-3-6-19-9(8)10(13)14/h3,6H,4-5,7H2,1-2H3,(H,15,16)/t12-/m1/s1. The molecule has 1 N–H and O–H groups in total. The summed E-state index contributed by atoms with van der Waals surface area (Å²) in [6.07, 6.45) is 0.783. The Morgan fingerprint density at radius 3 is 2.70 bits per heavy atom. The molecule has 1 aromatic heterocycles. The molecule has 0 unspecified atom stereocenters. The van der Waals surface area contributed by atoms with E-state index in [4.69, 9.17) is 5.11 Å². The van der Waals surface area contributed by atoms with Crippen LogP contribution in [0.1, 0.15) is 28.6 Å². The fraction of sp³-hybridized carbons (Fsp3) is 0.500. The molecule has 8 heteroatoms. The third-order valence-electron chi connectivity index (χ3n) is 3.72. The number of fused-ring (bicyclic) bond motifs is 1. The molecule has 2 rings (SSSR count). The van der Waals surface area contributed by atoms with Gasteiger partial charge in [-0.05, 0) is 30.4 Å². The Labute approximate surface area is 120 Å². The summed E-state index contributed by atoms with van der Waals surface area (Å²) in [5, 5.41) is 11.0. The molecule has 0 aliphatic carbocycles. The van der Waals surface area contributed by atoms with E-state index in [1.54, 1.807) is 0 Å². The Balaban J connectivity index is 2.12. The summed E-state index contributed by atoms with van der Waals surface area (Å²) in [5.41, 5.74) is 0.913. The quantitative estimate of drug-likeness (QED) is 0.874. The lowest BCUT2D eigenvalue weighted by Gasteiger charge is -2.25. The number of aliphatic carboxylic acids is 1. The van der Waals surface area contributed by atoms with Gasteiger partial charge in [-0.2, -0.15) is 0 Å². The molecule has 1 aliphatic heterocycles. The number of carboxylic acids is 1. The van der Waals surface area contributed by atoms with Gasteiger partial charge in [0.15, 0.2) is 14.6 Å². The summed E-state index contributed by atoms with van der Waals surface area (Å²) >= 11 is 1.34. The highest BCUT2D eigenvalue weighted by Crippen LogP contribution is 2.29. The number of nitrogens with zero attached hydrogens (tertiary/aromatic N) is 1. The monoisotopic (exact) mass is 317 g/mol. The Morgan fingerprint density at radius 1 is 1.55 bits per heavy atom. The number of carbonyl (C=O) groups excluding carboxylic acids is 1. The van der Waals surface area contributed by atoms with Gasteiger partial charge < -0.3 is 10.0 Å². The van der Waals surface area contributed by atoms with Crippen LogP contribution in [0.4, 0.5) is 0 Å². The van der Waals surface area contributed by atoms with Crippen LogP contribution >= 0.6 is 11.3 Å². The smallest absolute Gasteiger partial charge is 0.324 e. The first kappa shape index (κ1) is 15.0. The summed E-state index contributed by atoms with van der Waals surface area (Å²) in [7, 11) is -3.76. The first-order chi connectivity index (χ1) is 9.17. The molecule has 1 amide bonds. The van der Waals surface area contributed by atoms with Gasteiger partial charge in [0.25, 0.3) is 5.91 Å². The van der Waals surface area contributed by atoms with Gasteiger partial charge in [0.05, 0.1) is 4.88 Å². The van der Waals surface area contributed by atoms with Crippen LogP contribution in [-0.4, -0.2) is 47.8 Å². The third-order valence-corrected chi connectivity index (χ3v) is 6.68. The molecule has 1 aliphatic rings. The average molecular weight is 317 g/mol. The van der Waals surface area contributed by atoms with E-state index >= 15 is 0 Å². The maximum Gasteiger partial charge on any atom is 0.324 e. The van der Waals surface area contributed by atoms with E-state index in [0.29, 0.717) is 11.4 Å². The maximum atomic E-state index is 12.0. The van der Waals surface area contributed by atoms with Crippen molar-refractivity contribution in [2.45, 2.75) is 24.6 Å². The Bertz CT molecular complexity index is 663. The van der Waals surface area contributed by atoms with Gasteiger partial charge >= 0.3 is 5.97 Å². The topological polar surface area (TPSA) is 91.8 Å². The number of amides is 1. The molecule has 0 radical (unpaired) electrons. The molecule has 2 heterocycles. The summed E-state index contributed by atoms with van der Waals surface area (Å²) in [6.45, 7) is 1.70. The molecule has 0 aromatic carbocycles. The molecule has 110 valence electrons. The highest BCUT2D eigenvalue weighted by atomic mass is 32.2. The lowest BCUT2D eigenvalue weighted by molar-refractivity contribution is -0.139. The van der Waals surface area contributed by atoms with Crippen LogP contribution in [0, 0.1) is 0 Å². The van der Waals surface area contributed by atoms with Crippen molar-refractivity contribution in [3.05, 3.63) is 21.9 Å². The van der Waals surface area contributed by atoms with E-state index in [0.717, 1.165) is 11.8 Å². The van der Waals surface area contributed by atoms with Crippen molar-refractivity contribution in [3.63, 3.8) is 0 Å². The second kappa shape index (κ2) is 4.85. The predicted molar refractivity (Wildman–Crippen MR) is 74.6 cm³/mol. The minimum atomic E-state index is -3.76. The minimum absolute atomic E-state index is 0.107. The van der Waals surface area contributed by atoms with Crippen molar-refractivity contribution < 1.29 is 23.1 Å². The molecule has 0 spiro atoms. The highest BCUT2D eigenvalue weighted by molar-refractivity contribution is 7.92. The van der Waals surface area contributed by atoms with Crippen molar-refractivity contribution in [1.29, 1.82) is 0 Å². The summed E-state index contributed by atoms with van der Waals surface area (Å²) in [6, 6.07) is 1.85. The number of sulfone groups is 1. The van der Waals surface area contributed by atoms with Gasteiger partial charge in [0, 0.05) is 19.3 Å². The van der Waals surface area contributed by atoms with Crippen molar-refractivity contribution in [2.75, 3.05) is 12.8 Å². The number of thiophene rings is 1. The van der Waals surface area contributed by atoms with E-state index in [9.17, 15) is 18.0 Å². The lowest BCUT2D eigenvalue weighted by Crippen LogP contribution is -2.45. The van der Waals surface area contributed by atoms with E-state index < -0.39 is 20.6 Å². The number of carboxylic acid groups (broad SMARTS) is 1. The first-order valence-corrected chi connectivity index (χ1v) is 8.72. The number of carbonyl (C=O) groups is 2. The van der Waals surface area contributed by atoms with Crippen LogP contribution in [0.3, 0.4) is 0 Å². The molecule has 0 saturated heterocycles. The SMILES string of the molecule is C[C@@](CCN1Cc2ccsc2C1=O)(C(=O)O)S(C)(=O)=O. The Morgan fingerprint density at radius 2 is 2.20 bits per heavy atom. The molecule has 0 saturated carbocycles. The fourth-order valence-electron chi connectivity index (χ4n) is 2.05. The van der Waals surface area contributed by atoms with Gasteiger partial charge in [0.1, 0.15) is 0 Å². The Hall–Kier alpha value is -1.41. The van der Waals surface area contributed by atoms with Crippen LogP contribution in [-0.2, 0) is 21.2 Å². The molecule has 1 atom stereocenters. The molecule has 1 aromatic rings. The predicted octanol–water partition coefficient (Wildman–Crippen LogP) is 0.982. The summed E-state index contributed by atoms with van der Waals surface area (Å²) < 4.78 is 21.5. The number of hydrogen-bond acceptors (Lipinski definition) is 5. The normalized spacial score (nSPS) is 17.9. The van der Waals surface area contributed by atoms with Gasteiger partial charge in [-0.15, -0.1) is 11.3 Å². The molecular formula is C12H15NO5S2. The fourth-order valence-corrected chi connectivity index (χ4v) is 3.71. The third kappa shape index (κ3) is 2.33. The van der Waals surface area contributed by atoms with Gasteiger partial charge in [-0.25, -0.2) is 8.42 Å². The van der Waals surface area contributed by atoms with E-state index in [1.165, 1.54) is 23.2 Å². The Kier molecular flexibility index (Phi) is 3.64. The second-order valence-corrected chi connectivity index (χ2v) is 8.42. The van der Waals surface area contributed by atoms with Gasteiger partial charge in [-0.1, -0.05) is 0 Å².